The quantitative estimate of drug-likeness (QED) is 0.723. The summed E-state index contributed by atoms with van der Waals surface area (Å²) >= 11 is 0. The molecular weight excluding hydrogens is 220 g/mol. The number of rotatable bonds is 4. The van der Waals surface area contributed by atoms with Crippen molar-refractivity contribution in [3.8, 4) is 0 Å². The Balaban J connectivity index is 1.63. The van der Waals surface area contributed by atoms with Crippen molar-refractivity contribution < 1.29 is 14.3 Å². The average molecular weight is 242 g/mol. The van der Waals surface area contributed by atoms with Crippen molar-refractivity contribution in [1.82, 2.24) is 10.6 Å². The van der Waals surface area contributed by atoms with Gasteiger partial charge in [-0.05, 0) is 13.3 Å². The number of morpholine rings is 1. The molecule has 2 aliphatic rings. The molecule has 3 atom stereocenters. The van der Waals surface area contributed by atoms with Gasteiger partial charge in [0.2, 0.25) is 5.91 Å². The zero-order valence-electron chi connectivity index (χ0n) is 10.4. The second-order valence-corrected chi connectivity index (χ2v) is 4.83. The zero-order chi connectivity index (χ0) is 12.1. The molecule has 0 aromatic carbocycles. The highest BCUT2D eigenvalue weighted by atomic mass is 16.5. The van der Waals surface area contributed by atoms with Crippen molar-refractivity contribution in [2.45, 2.75) is 32.0 Å². The molecule has 2 aliphatic heterocycles. The monoisotopic (exact) mass is 242 g/mol. The lowest BCUT2D eigenvalue weighted by atomic mass is 10.0. The van der Waals surface area contributed by atoms with Crippen molar-refractivity contribution in [2.75, 3.05) is 32.8 Å². The molecule has 0 aliphatic carbocycles. The van der Waals surface area contributed by atoms with Crippen LogP contribution in [0.5, 0.6) is 0 Å². The van der Waals surface area contributed by atoms with E-state index in [0.29, 0.717) is 18.9 Å². The van der Waals surface area contributed by atoms with Gasteiger partial charge in [-0.25, -0.2) is 0 Å². The third kappa shape index (κ3) is 3.94. The predicted molar refractivity (Wildman–Crippen MR) is 63.8 cm³/mol. The molecule has 0 radical (unpaired) electrons. The molecule has 2 saturated heterocycles. The number of hydrogen-bond acceptors (Lipinski definition) is 4. The summed E-state index contributed by atoms with van der Waals surface area (Å²) in [5.74, 6) is 0.544. The van der Waals surface area contributed by atoms with Crippen LogP contribution < -0.4 is 10.6 Å². The van der Waals surface area contributed by atoms with Crippen LogP contribution in [0.2, 0.25) is 0 Å². The highest BCUT2D eigenvalue weighted by Crippen LogP contribution is 2.19. The number of amides is 1. The van der Waals surface area contributed by atoms with Gasteiger partial charge in [0.1, 0.15) is 0 Å². The Morgan fingerprint density at radius 2 is 2.29 bits per heavy atom. The molecular formula is C12H22N2O3. The number of nitrogens with one attached hydrogen (secondary N) is 2. The molecule has 2 fully saturated rings. The molecule has 98 valence electrons. The third-order valence-electron chi connectivity index (χ3n) is 3.51. The molecule has 17 heavy (non-hydrogen) atoms. The average Bonchev–Trinajstić information content (AvgIpc) is 2.74. The number of hydrogen-bond donors (Lipinski definition) is 2. The Kier molecular flexibility index (Phi) is 4.76. The smallest absolute Gasteiger partial charge is 0.222 e. The predicted octanol–water partition coefficient (Wildman–Crippen LogP) is -0.0939. The van der Waals surface area contributed by atoms with Gasteiger partial charge in [-0.2, -0.15) is 0 Å². The van der Waals surface area contributed by atoms with Crippen molar-refractivity contribution in [2.24, 2.45) is 5.92 Å². The van der Waals surface area contributed by atoms with Gasteiger partial charge in [0.15, 0.2) is 0 Å². The zero-order valence-corrected chi connectivity index (χ0v) is 10.4. The summed E-state index contributed by atoms with van der Waals surface area (Å²) in [6, 6.07) is 0. The van der Waals surface area contributed by atoms with E-state index < -0.39 is 0 Å². The van der Waals surface area contributed by atoms with E-state index in [1.807, 2.05) is 0 Å². The van der Waals surface area contributed by atoms with E-state index >= 15 is 0 Å². The SMILES string of the molecule is CC1OCCC1CNC(=O)CC1CNCCO1. The van der Waals surface area contributed by atoms with Crippen molar-refractivity contribution >= 4 is 5.91 Å². The van der Waals surface area contributed by atoms with Gasteiger partial charge in [-0.1, -0.05) is 0 Å². The van der Waals surface area contributed by atoms with Crippen molar-refractivity contribution in [3.63, 3.8) is 0 Å². The number of ether oxygens (including phenoxy) is 2. The molecule has 1 amide bonds. The molecule has 2 N–H and O–H groups in total. The van der Waals surface area contributed by atoms with E-state index in [4.69, 9.17) is 9.47 Å². The van der Waals surface area contributed by atoms with Crippen LogP contribution in [0.25, 0.3) is 0 Å². The lowest BCUT2D eigenvalue weighted by molar-refractivity contribution is -0.124. The lowest BCUT2D eigenvalue weighted by Crippen LogP contribution is -2.42. The van der Waals surface area contributed by atoms with Gasteiger partial charge in [0.25, 0.3) is 0 Å². The molecule has 0 bridgehead atoms. The Hall–Kier alpha value is -0.650. The van der Waals surface area contributed by atoms with Crippen LogP contribution >= 0.6 is 0 Å². The minimum Gasteiger partial charge on any atom is -0.378 e. The van der Waals surface area contributed by atoms with Gasteiger partial charge in [0, 0.05) is 32.2 Å². The van der Waals surface area contributed by atoms with E-state index in [-0.39, 0.29) is 18.1 Å². The Morgan fingerprint density at radius 1 is 1.41 bits per heavy atom. The van der Waals surface area contributed by atoms with E-state index in [2.05, 4.69) is 17.6 Å². The summed E-state index contributed by atoms with van der Waals surface area (Å²) in [5.41, 5.74) is 0. The van der Waals surface area contributed by atoms with Crippen molar-refractivity contribution in [1.29, 1.82) is 0 Å². The normalized spacial score (nSPS) is 33.6. The fraction of sp³-hybridized carbons (Fsp3) is 0.917. The first-order valence-electron chi connectivity index (χ1n) is 6.46. The summed E-state index contributed by atoms with van der Waals surface area (Å²) in [6.07, 6.45) is 1.79. The van der Waals surface area contributed by atoms with Crippen LogP contribution in [0.15, 0.2) is 0 Å². The Morgan fingerprint density at radius 3 is 2.94 bits per heavy atom. The van der Waals surface area contributed by atoms with Crippen LogP contribution in [-0.4, -0.2) is 51.0 Å². The summed E-state index contributed by atoms with van der Waals surface area (Å²) in [6.45, 7) is 5.96. The molecule has 2 heterocycles. The van der Waals surface area contributed by atoms with Crippen LogP contribution in [0.1, 0.15) is 19.8 Å². The van der Waals surface area contributed by atoms with E-state index in [1.165, 1.54) is 0 Å². The molecule has 0 spiro atoms. The number of carbonyl (C=O) groups is 1. The fourth-order valence-electron chi connectivity index (χ4n) is 2.32. The minimum absolute atomic E-state index is 0.0287. The molecule has 0 saturated carbocycles. The highest BCUT2D eigenvalue weighted by Gasteiger charge is 2.25. The third-order valence-corrected chi connectivity index (χ3v) is 3.51. The summed E-state index contributed by atoms with van der Waals surface area (Å²) < 4.78 is 11.0. The van der Waals surface area contributed by atoms with E-state index in [0.717, 1.165) is 32.7 Å². The van der Waals surface area contributed by atoms with Gasteiger partial charge < -0.3 is 20.1 Å². The first kappa shape index (κ1) is 12.8. The topological polar surface area (TPSA) is 59.6 Å². The second kappa shape index (κ2) is 6.33. The summed E-state index contributed by atoms with van der Waals surface area (Å²) in [4.78, 5) is 11.7. The standard InChI is InChI=1S/C12H22N2O3/c1-9-10(2-4-16-9)7-14-12(15)6-11-8-13-3-5-17-11/h9-11,13H,2-8H2,1H3,(H,14,15). The molecule has 3 unspecified atom stereocenters. The first-order valence-corrected chi connectivity index (χ1v) is 6.46. The van der Waals surface area contributed by atoms with Gasteiger partial charge >= 0.3 is 0 Å². The van der Waals surface area contributed by atoms with Crippen LogP contribution in [0.3, 0.4) is 0 Å². The van der Waals surface area contributed by atoms with Gasteiger partial charge in [-0.15, -0.1) is 0 Å². The molecule has 0 aromatic heterocycles. The maximum absolute atomic E-state index is 11.7. The molecule has 0 aromatic rings. The van der Waals surface area contributed by atoms with Gasteiger partial charge in [-0.3, -0.25) is 4.79 Å². The number of carbonyl (C=O) groups excluding carboxylic acids is 1. The second-order valence-electron chi connectivity index (χ2n) is 4.83. The Labute approximate surface area is 102 Å². The maximum atomic E-state index is 11.7. The highest BCUT2D eigenvalue weighted by molar-refractivity contribution is 5.76. The van der Waals surface area contributed by atoms with Gasteiger partial charge in [0.05, 0.1) is 25.2 Å². The van der Waals surface area contributed by atoms with E-state index in [9.17, 15) is 4.79 Å². The van der Waals surface area contributed by atoms with Crippen molar-refractivity contribution in [3.05, 3.63) is 0 Å². The molecule has 2 rings (SSSR count). The minimum atomic E-state index is 0.0287. The maximum Gasteiger partial charge on any atom is 0.222 e. The fourth-order valence-corrected chi connectivity index (χ4v) is 2.32. The Bertz CT molecular complexity index is 254. The van der Waals surface area contributed by atoms with Crippen LogP contribution in [0.4, 0.5) is 0 Å². The van der Waals surface area contributed by atoms with Crippen LogP contribution in [-0.2, 0) is 14.3 Å². The van der Waals surface area contributed by atoms with Crippen LogP contribution in [0, 0.1) is 5.92 Å². The largest absolute Gasteiger partial charge is 0.378 e. The molecule has 5 nitrogen and oxygen atoms in total. The van der Waals surface area contributed by atoms with E-state index in [1.54, 1.807) is 0 Å². The lowest BCUT2D eigenvalue weighted by Gasteiger charge is -2.23. The summed E-state index contributed by atoms with van der Waals surface area (Å²) in [7, 11) is 0. The summed E-state index contributed by atoms with van der Waals surface area (Å²) in [5, 5.41) is 6.20. The first-order chi connectivity index (χ1) is 8.25. The molecule has 5 heteroatoms.